The van der Waals surface area contributed by atoms with Crippen molar-refractivity contribution in [1.82, 2.24) is 34.8 Å². The van der Waals surface area contributed by atoms with Crippen LogP contribution in [0.4, 0.5) is 15.6 Å². The molecule has 1 amide bonds. The molecule has 0 bridgehead atoms. The van der Waals surface area contributed by atoms with Gasteiger partial charge in [0, 0.05) is 49.7 Å². The van der Waals surface area contributed by atoms with Crippen molar-refractivity contribution in [3.63, 3.8) is 0 Å². The molecule has 1 aliphatic carbocycles. The molecule has 0 aromatic carbocycles. The number of amides is 1. The fourth-order valence-corrected chi connectivity index (χ4v) is 9.04. The van der Waals surface area contributed by atoms with Gasteiger partial charge < -0.3 is 23.8 Å². The molecule has 2 aliphatic heterocycles. The van der Waals surface area contributed by atoms with Gasteiger partial charge in [-0.05, 0) is 94.2 Å². The van der Waals surface area contributed by atoms with Gasteiger partial charge in [-0.15, -0.1) is 11.3 Å². The number of anilines is 1. The highest BCUT2D eigenvalue weighted by molar-refractivity contribution is 7.16. The van der Waals surface area contributed by atoms with Gasteiger partial charge in [-0.1, -0.05) is 5.16 Å². The van der Waals surface area contributed by atoms with Crippen LogP contribution in [0.15, 0.2) is 15.6 Å². The van der Waals surface area contributed by atoms with Gasteiger partial charge in [-0.3, -0.25) is 9.80 Å². The van der Waals surface area contributed by atoms with Crippen LogP contribution >= 0.6 is 11.3 Å². The number of thiophene rings is 1. The summed E-state index contributed by atoms with van der Waals surface area (Å²) in [5.74, 6) is 1.40. The molecule has 3 aromatic heterocycles. The first-order valence-corrected chi connectivity index (χ1v) is 19.0. The van der Waals surface area contributed by atoms with Gasteiger partial charge in [0.2, 0.25) is 11.7 Å². The molecule has 15 heteroatoms. The van der Waals surface area contributed by atoms with Crippen LogP contribution in [0, 0.1) is 11.3 Å². The molecule has 5 atom stereocenters. The SMILES string of the molecule is C[C@H](Oc1nc(-c2noc([C@@]3(C)CCCc4sc(/N=C/N(C)C)c(C#N)c43)n2)cc(N2C[C@@H](C)N(C(=O)OC(C)(C)C)[C@@H](C)C2)n1)[C@@H]1CCCN1C. The Morgan fingerprint density at radius 2 is 1.94 bits per heavy atom. The third kappa shape index (κ3) is 7.59. The van der Waals surface area contributed by atoms with Crippen LogP contribution in [-0.2, 0) is 16.6 Å². The normalized spacial score (nSPS) is 24.5. The maximum absolute atomic E-state index is 13.2. The number of ether oxygens (including phenoxy) is 2. The summed E-state index contributed by atoms with van der Waals surface area (Å²) in [6, 6.07) is 4.49. The van der Waals surface area contributed by atoms with E-state index in [2.05, 4.69) is 46.9 Å². The van der Waals surface area contributed by atoms with E-state index in [0.717, 1.165) is 49.1 Å². The van der Waals surface area contributed by atoms with Crippen molar-refractivity contribution in [3.8, 4) is 23.6 Å². The molecule has 0 N–H and O–H groups in total. The minimum absolute atomic E-state index is 0.142. The lowest BCUT2D eigenvalue weighted by Crippen LogP contribution is -2.59. The van der Waals surface area contributed by atoms with Crippen molar-refractivity contribution in [2.45, 2.75) is 116 Å². The summed E-state index contributed by atoms with van der Waals surface area (Å²) in [4.78, 5) is 41.7. The zero-order chi connectivity index (χ0) is 37.5. The molecule has 0 spiro atoms. The van der Waals surface area contributed by atoms with Crippen molar-refractivity contribution in [1.29, 1.82) is 5.26 Å². The van der Waals surface area contributed by atoms with E-state index >= 15 is 0 Å². The Kier molecular flexibility index (Phi) is 10.5. The fraction of sp³-hybridized carbons (Fsp3) is 0.649. The van der Waals surface area contributed by atoms with Crippen LogP contribution in [0.3, 0.4) is 0 Å². The minimum Gasteiger partial charge on any atom is -0.459 e. The van der Waals surface area contributed by atoms with Gasteiger partial charge in [0.1, 0.15) is 34.3 Å². The summed E-state index contributed by atoms with van der Waals surface area (Å²) in [6.07, 6.45) is 5.93. The number of piperazine rings is 1. The molecule has 2 fully saturated rings. The molecular weight excluding hydrogens is 681 g/mol. The molecular formula is C37H52N10O4S. The maximum atomic E-state index is 13.2. The van der Waals surface area contributed by atoms with E-state index in [0.29, 0.717) is 46.9 Å². The standard InChI is InChI=1S/C37H52N10O4S/c1-22-19-46(20-23(2)47(22)35(48)50-36(4,5)6)29-17-26(40-34(41-29)49-24(3)27-13-12-16-45(27)10)31-42-33(51-43-31)37(7)15-11-14-28-30(37)25(18-38)32(52-28)39-21-44(8)9/h17,21-24,27H,11-16,19-20H2,1-10H3/b39-21+/t22-,23+,24-,27-,37-/m0/s1. The van der Waals surface area contributed by atoms with E-state index in [-0.39, 0.29) is 36.3 Å². The van der Waals surface area contributed by atoms with Crippen LogP contribution in [0.1, 0.15) is 96.0 Å². The van der Waals surface area contributed by atoms with Crippen LogP contribution in [-0.4, -0.2) is 118 Å². The van der Waals surface area contributed by atoms with Crippen LogP contribution in [0.25, 0.3) is 11.5 Å². The van der Waals surface area contributed by atoms with Gasteiger partial charge >= 0.3 is 12.1 Å². The number of fused-ring (bicyclic) bond motifs is 1. The average Bonchev–Trinajstić information content (AvgIpc) is 3.81. The van der Waals surface area contributed by atoms with Crippen molar-refractivity contribution in [3.05, 3.63) is 28.0 Å². The smallest absolute Gasteiger partial charge is 0.410 e. The fourth-order valence-electron chi connectivity index (χ4n) is 7.78. The number of aryl methyl sites for hydroxylation is 1. The first-order chi connectivity index (χ1) is 24.6. The summed E-state index contributed by atoms with van der Waals surface area (Å²) >= 11 is 1.55. The van der Waals surface area contributed by atoms with Gasteiger partial charge in [-0.2, -0.15) is 20.2 Å². The third-order valence-corrected chi connectivity index (χ3v) is 11.3. The van der Waals surface area contributed by atoms with Crippen LogP contribution in [0.5, 0.6) is 6.01 Å². The molecule has 5 heterocycles. The minimum atomic E-state index is -0.675. The summed E-state index contributed by atoms with van der Waals surface area (Å²) in [5.41, 5.74) is 0.678. The number of nitrogens with zero attached hydrogens (tertiary/aromatic N) is 10. The molecule has 3 aliphatic rings. The summed E-state index contributed by atoms with van der Waals surface area (Å²) in [5, 5.41) is 15.5. The number of carbonyl (C=O) groups is 1. The van der Waals surface area contributed by atoms with Gasteiger partial charge in [0.05, 0.1) is 29.4 Å². The van der Waals surface area contributed by atoms with Gasteiger partial charge in [0.15, 0.2) is 0 Å². The molecule has 3 aromatic rings. The second-order valence-corrected chi connectivity index (χ2v) is 17.0. The molecule has 0 saturated carbocycles. The number of hydrogen-bond acceptors (Lipinski definition) is 13. The Bertz CT molecular complexity index is 1830. The van der Waals surface area contributed by atoms with Crippen molar-refractivity contribution in [2.24, 2.45) is 4.99 Å². The van der Waals surface area contributed by atoms with Gasteiger partial charge in [0.25, 0.3) is 0 Å². The maximum Gasteiger partial charge on any atom is 0.410 e. The quantitative estimate of drug-likeness (QED) is 0.197. The van der Waals surface area contributed by atoms with Crippen molar-refractivity contribution >= 4 is 34.6 Å². The number of hydrogen-bond donors (Lipinski definition) is 0. The molecule has 0 unspecified atom stereocenters. The molecule has 2 saturated heterocycles. The molecule has 280 valence electrons. The third-order valence-electron chi connectivity index (χ3n) is 10.2. The Morgan fingerprint density at radius 3 is 2.58 bits per heavy atom. The number of aliphatic imine (C=N–C) groups is 1. The van der Waals surface area contributed by atoms with Gasteiger partial charge in [-0.25, -0.2) is 9.79 Å². The number of rotatable bonds is 8. The van der Waals surface area contributed by atoms with Crippen molar-refractivity contribution in [2.75, 3.05) is 45.7 Å². The molecule has 6 rings (SSSR count). The molecule has 52 heavy (non-hydrogen) atoms. The average molecular weight is 733 g/mol. The van der Waals surface area contributed by atoms with E-state index in [4.69, 9.17) is 28.9 Å². The summed E-state index contributed by atoms with van der Waals surface area (Å²) < 4.78 is 18.3. The number of likely N-dealkylation sites (N-methyl/N-ethyl adjacent to an activating group) is 1. The summed E-state index contributed by atoms with van der Waals surface area (Å²) in [6.45, 7) is 15.9. The number of likely N-dealkylation sites (tertiary alicyclic amines) is 1. The number of nitriles is 1. The highest BCUT2D eigenvalue weighted by Crippen LogP contribution is 2.50. The Labute approximate surface area is 310 Å². The Morgan fingerprint density at radius 1 is 1.21 bits per heavy atom. The highest BCUT2D eigenvalue weighted by Gasteiger charge is 2.44. The lowest BCUT2D eigenvalue weighted by molar-refractivity contribution is 0.00556. The largest absolute Gasteiger partial charge is 0.459 e. The summed E-state index contributed by atoms with van der Waals surface area (Å²) in [7, 11) is 5.93. The predicted octanol–water partition coefficient (Wildman–Crippen LogP) is 6.02. The second-order valence-electron chi connectivity index (χ2n) is 15.9. The zero-order valence-electron chi connectivity index (χ0n) is 32.1. The van der Waals surface area contributed by atoms with E-state index < -0.39 is 11.0 Å². The number of aromatic nitrogens is 4. The van der Waals surface area contributed by atoms with E-state index in [1.54, 1.807) is 22.6 Å². The Balaban J connectivity index is 1.35. The van der Waals surface area contributed by atoms with E-state index in [1.165, 1.54) is 0 Å². The Hall–Kier alpha value is -4.29. The predicted molar refractivity (Wildman–Crippen MR) is 201 cm³/mol. The molecule has 14 nitrogen and oxygen atoms in total. The lowest BCUT2D eigenvalue weighted by Gasteiger charge is -2.44. The van der Waals surface area contributed by atoms with E-state index in [9.17, 15) is 10.1 Å². The van der Waals surface area contributed by atoms with Crippen LogP contribution < -0.4 is 9.64 Å². The first kappa shape index (κ1) is 37.5. The van der Waals surface area contributed by atoms with E-state index in [1.807, 2.05) is 59.7 Å². The monoisotopic (exact) mass is 732 g/mol. The topological polar surface area (TPSA) is 149 Å². The second kappa shape index (κ2) is 14.6. The van der Waals surface area contributed by atoms with Crippen molar-refractivity contribution < 1.29 is 18.8 Å². The van der Waals surface area contributed by atoms with Crippen LogP contribution in [0.2, 0.25) is 0 Å². The first-order valence-electron chi connectivity index (χ1n) is 18.2. The number of carbonyl (C=O) groups excluding carboxylic acids is 1. The zero-order valence-corrected chi connectivity index (χ0v) is 33.0. The highest BCUT2D eigenvalue weighted by atomic mass is 32.1. The lowest BCUT2D eigenvalue weighted by atomic mass is 9.72. The molecule has 0 radical (unpaired) electrons.